The lowest BCUT2D eigenvalue weighted by atomic mass is 10.2. The number of carbonyl (C=O) groups is 1. The predicted molar refractivity (Wildman–Crippen MR) is 61.7 cm³/mol. The Bertz CT molecular complexity index is 328. The Kier molecular flexibility index (Phi) is 4.48. The molecule has 0 saturated heterocycles. The van der Waals surface area contributed by atoms with Gasteiger partial charge >= 0.3 is 5.97 Å². The summed E-state index contributed by atoms with van der Waals surface area (Å²) in [5.41, 5.74) is 0. The number of hydrogen-bond donors (Lipinski definition) is 1. The Hall–Kier alpha value is -0.480. The summed E-state index contributed by atoms with van der Waals surface area (Å²) in [6, 6.07) is 7.81. The van der Waals surface area contributed by atoms with Gasteiger partial charge in [0.05, 0.1) is 5.92 Å². The zero-order valence-corrected chi connectivity index (χ0v) is 10.1. The van der Waals surface area contributed by atoms with Crippen molar-refractivity contribution in [1.29, 1.82) is 0 Å². The first-order valence-electron chi connectivity index (χ1n) is 4.21. The van der Waals surface area contributed by atoms with Crippen LogP contribution in [0.1, 0.15) is 6.92 Å². The van der Waals surface area contributed by atoms with E-state index in [1.165, 1.54) is 0 Å². The van der Waals surface area contributed by atoms with E-state index in [4.69, 9.17) is 5.11 Å². The molecule has 0 aliphatic heterocycles. The summed E-state index contributed by atoms with van der Waals surface area (Å²) in [5, 5.41) is 8.70. The van der Waals surface area contributed by atoms with Crippen molar-refractivity contribution in [1.82, 2.24) is 0 Å². The maximum absolute atomic E-state index is 10.6. The highest BCUT2D eigenvalue weighted by molar-refractivity contribution is 9.10. The van der Waals surface area contributed by atoms with E-state index in [1.807, 2.05) is 24.3 Å². The van der Waals surface area contributed by atoms with Crippen LogP contribution in [-0.2, 0) is 4.79 Å². The fourth-order valence-corrected chi connectivity index (χ4v) is 2.43. The molecule has 0 heterocycles. The summed E-state index contributed by atoms with van der Waals surface area (Å²) in [6.07, 6.45) is 0. The zero-order valence-electron chi connectivity index (χ0n) is 7.74. The molecule has 0 aromatic heterocycles. The summed E-state index contributed by atoms with van der Waals surface area (Å²) in [4.78, 5) is 11.7. The number of aliphatic carboxylic acids is 1. The van der Waals surface area contributed by atoms with Crippen LogP contribution in [0.2, 0.25) is 0 Å². The van der Waals surface area contributed by atoms with Crippen LogP contribution >= 0.6 is 27.7 Å². The van der Waals surface area contributed by atoms with Crippen molar-refractivity contribution < 1.29 is 9.90 Å². The van der Waals surface area contributed by atoms with Crippen molar-refractivity contribution in [2.45, 2.75) is 11.8 Å². The third-order valence-electron chi connectivity index (χ3n) is 1.75. The highest BCUT2D eigenvalue weighted by atomic mass is 79.9. The molecule has 1 unspecified atom stereocenters. The Labute approximate surface area is 95.8 Å². The van der Waals surface area contributed by atoms with Gasteiger partial charge in [-0.3, -0.25) is 4.79 Å². The van der Waals surface area contributed by atoms with Crippen molar-refractivity contribution in [3.05, 3.63) is 28.7 Å². The number of rotatable bonds is 4. The molecule has 0 aliphatic carbocycles. The molecular formula is C10H11BrO2S. The molecule has 0 radical (unpaired) electrons. The minimum Gasteiger partial charge on any atom is -0.481 e. The quantitative estimate of drug-likeness (QED) is 0.857. The molecule has 0 aliphatic rings. The molecule has 1 atom stereocenters. The van der Waals surface area contributed by atoms with Gasteiger partial charge in [-0.1, -0.05) is 19.1 Å². The van der Waals surface area contributed by atoms with E-state index < -0.39 is 5.97 Å². The SMILES string of the molecule is CC(CSc1ccccc1Br)C(=O)O. The largest absolute Gasteiger partial charge is 0.481 e. The molecule has 1 aromatic carbocycles. The van der Waals surface area contributed by atoms with Gasteiger partial charge in [-0.2, -0.15) is 0 Å². The molecule has 0 amide bonds. The van der Waals surface area contributed by atoms with Gasteiger partial charge in [0.2, 0.25) is 0 Å². The van der Waals surface area contributed by atoms with Crippen molar-refractivity contribution in [2.75, 3.05) is 5.75 Å². The van der Waals surface area contributed by atoms with Crippen LogP contribution in [0.5, 0.6) is 0 Å². The zero-order chi connectivity index (χ0) is 10.6. The van der Waals surface area contributed by atoms with Crippen LogP contribution in [0.3, 0.4) is 0 Å². The normalized spacial score (nSPS) is 12.4. The van der Waals surface area contributed by atoms with E-state index in [-0.39, 0.29) is 5.92 Å². The average molecular weight is 275 g/mol. The standard InChI is InChI=1S/C10H11BrO2S/c1-7(10(12)13)6-14-9-5-3-2-4-8(9)11/h2-5,7H,6H2,1H3,(H,12,13). The summed E-state index contributed by atoms with van der Waals surface area (Å²) in [7, 11) is 0. The number of hydrogen-bond acceptors (Lipinski definition) is 2. The molecular weight excluding hydrogens is 264 g/mol. The minimum absolute atomic E-state index is 0.313. The van der Waals surface area contributed by atoms with E-state index in [9.17, 15) is 4.79 Å². The number of halogens is 1. The number of carboxylic acid groups (broad SMARTS) is 1. The monoisotopic (exact) mass is 274 g/mol. The molecule has 76 valence electrons. The third kappa shape index (κ3) is 3.35. The van der Waals surface area contributed by atoms with Crippen molar-refractivity contribution in [3.63, 3.8) is 0 Å². The molecule has 1 aromatic rings. The third-order valence-corrected chi connectivity index (χ3v) is 4.03. The van der Waals surface area contributed by atoms with Gasteiger partial charge in [0.25, 0.3) is 0 Å². The summed E-state index contributed by atoms with van der Waals surface area (Å²) in [6.45, 7) is 1.71. The maximum atomic E-state index is 10.6. The highest BCUT2D eigenvalue weighted by Crippen LogP contribution is 2.28. The van der Waals surface area contributed by atoms with Gasteiger partial charge in [0.15, 0.2) is 0 Å². The first-order chi connectivity index (χ1) is 6.61. The maximum Gasteiger partial charge on any atom is 0.307 e. The highest BCUT2D eigenvalue weighted by Gasteiger charge is 2.11. The number of carboxylic acids is 1. The van der Waals surface area contributed by atoms with Crippen molar-refractivity contribution in [3.8, 4) is 0 Å². The molecule has 0 saturated carbocycles. The van der Waals surface area contributed by atoms with Gasteiger partial charge < -0.3 is 5.11 Å². The van der Waals surface area contributed by atoms with Gasteiger partial charge in [0.1, 0.15) is 0 Å². The van der Waals surface area contributed by atoms with Crippen LogP contribution in [-0.4, -0.2) is 16.8 Å². The van der Waals surface area contributed by atoms with E-state index in [0.29, 0.717) is 5.75 Å². The van der Waals surface area contributed by atoms with Gasteiger partial charge in [-0.05, 0) is 28.1 Å². The molecule has 0 fully saturated rings. The topological polar surface area (TPSA) is 37.3 Å². The second kappa shape index (κ2) is 5.41. The van der Waals surface area contributed by atoms with E-state index >= 15 is 0 Å². The van der Waals surface area contributed by atoms with E-state index in [0.717, 1.165) is 9.37 Å². The van der Waals surface area contributed by atoms with Gasteiger partial charge in [-0.25, -0.2) is 0 Å². The van der Waals surface area contributed by atoms with Gasteiger partial charge in [-0.15, -0.1) is 11.8 Å². The summed E-state index contributed by atoms with van der Waals surface area (Å²) in [5.74, 6) is -0.463. The Morgan fingerprint density at radius 1 is 1.57 bits per heavy atom. The fraction of sp³-hybridized carbons (Fsp3) is 0.300. The van der Waals surface area contributed by atoms with Crippen LogP contribution in [0.25, 0.3) is 0 Å². The molecule has 1 N–H and O–H groups in total. The van der Waals surface area contributed by atoms with Crippen molar-refractivity contribution in [2.24, 2.45) is 5.92 Å². The summed E-state index contributed by atoms with van der Waals surface area (Å²) >= 11 is 4.97. The minimum atomic E-state index is -0.746. The second-order valence-electron chi connectivity index (χ2n) is 2.98. The molecule has 0 spiro atoms. The molecule has 4 heteroatoms. The lowest BCUT2D eigenvalue weighted by Gasteiger charge is -2.06. The molecule has 1 rings (SSSR count). The molecule has 14 heavy (non-hydrogen) atoms. The second-order valence-corrected chi connectivity index (χ2v) is 4.90. The predicted octanol–water partition coefficient (Wildman–Crippen LogP) is 3.26. The Morgan fingerprint density at radius 3 is 2.79 bits per heavy atom. The first kappa shape index (κ1) is 11.6. The van der Waals surface area contributed by atoms with Crippen LogP contribution in [0.15, 0.2) is 33.6 Å². The van der Waals surface area contributed by atoms with Crippen molar-refractivity contribution >= 4 is 33.7 Å². The van der Waals surface area contributed by atoms with E-state index in [2.05, 4.69) is 15.9 Å². The Morgan fingerprint density at radius 2 is 2.21 bits per heavy atom. The lowest BCUT2D eigenvalue weighted by molar-refractivity contribution is -0.140. The number of thioether (sulfide) groups is 1. The first-order valence-corrected chi connectivity index (χ1v) is 5.99. The average Bonchev–Trinajstić information content (AvgIpc) is 2.16. The van der Waals surface area contributed by atoms with Gasteiger partial charge in [0, 0.05) is 15.1 Å². The van der Waals surface area contributed by atoms with E-state index in [1.54, 1.807) is 18.7 Å². The molecule has 2 nitrogen and oxygen atoms in total. The Balaban J connectivity index is 2.54. The smallest absolute Gasteiger partial charge is 0.307 e. The number of benzene rings is 1. The fourth-order valence-electron chi connectivity index (χ4n) is 0.848. The lowest BCUT2D eigenvalue weighted by Crippen LogP contribution is -2.11. The van der Waals surface area contributed by atoms with Crippen LogP contribution in [0, 0.1) is 5.92 Å². The van der Waals surface area contributed by atoms with Crippen LogP contribution in [0.4, 0.5) is 0 Å². The molecule has 0 bridgehead atoms. The van der Waals surface area contributed by atoms with Crippen LogP contribution < -0.4 is 0 Å². The summed E-state index contributed by atoms with van der Waals surface area (Å²) < 4.78 is 1.02.